The van der Waals surface area contributed by atoms with Crippen molar-refractivity contribution in [3.05, 3.63) is 22.8 Å². The number of carbonyl (C=O) groups is 1. The van der Waals surface area contributed by atoms with Crippen molar-refractivity contribution in [1.82, 2.24) is 5.32 Å². The quantitative estimate of drug-likeness (QED) is 0.515. The highest BCUT2D eigenvalue weighted by Gasteiger charge is 2.58. The molecular weight excluding hydrogens is 382 g/mol. The Bertz CT molecular complexity index is 857. The third-order valence-electron chi connectivity index (χ3n) is 10.9. The van der Waals surface area contributed by atoms with Crippen molar-refractivity contribution in [2.24, 2.45) is 35.0 Å². The lowest BCUT2D eigenvalue weighted by atomic mass is 9.56. The average molecular weight is 424 g/mol. The number of nitrogens with one attached hydrogen (secondary N) is 1. The van der Waals surface area contributed by atoms with Crippen LogP contribution in [0.4, 0.5) is 0 Å². The maximum Gasteiger partial charge on any atom is 0.155 e. The molecule has 9 atom stereocenters. The van der Waals surface area contributed by atoms with Gasteiger partial charge in [-0.3, -0.25) is 4.79 Å². The lowest BCUT2D eigenvalue weighted by molar-refractivity contribution is -0.116. The molecule has 0 radical (unpaired) electrons. The van der Waals surface area contributed by atoms with Crippen molar-refractivity contribution in [2.75, 3.05) is 6.54 Å². The molecule has 0 bridgehead atoms. The lowest BCUT2D eigenvalue weighted by Crippen LogP contribution is -2.48. The molecule has 2 unspecified atom stereocenters. The van der Waals surface area contributed by atoms with Crippen LogP contribution in [0.25, 0.3) is 0 Å². The van der Waals surface area contributed by atoms with E-state index in [4.69, 9.17) is 4.74 Å². The third kappa shape index (κ3) is 2.94. The maximum absolute atomic E-state index is 12.1. The van der Waals surface area contributed by atoms with Gasteiger partial charge >= 0.3 is 0 Å². The summed E-state index contributed by atoms with van der Waals surface area (Å²) >= 11 is 0. The first kappa shape index (κ1) is 20.7. The Labute approximate surface area is 188 Å². The summed E-state index contributed by atoms with van der Waals surface area (Å²) in [6.07, 6.45) is 12.9. The van der Waals surface area contributed by atoms with Gasteiger partial charge in [0.25, 0.3) is 0 Å². The molecule has 3 nitrogen and oxygen atoms in total. The second-order valence-corrected chi connectivity index (χ2v) is 12.5. The second kappa shape index (κ2) is 7.03. The van der Waals surface area contributed by atoms with Gasteiger partial charge in [-0.1, -0.05) is 37.5 Å². The number of allylic oxidation sites excluding steroid dienone is 3. The fraction of sp³-hybridized carbons (Fsp3) is 0.821. The van der Waals surface area contributed by atoms with Crippen molar-refractivity contribution in [1.29, 1.82) is 0 Å². The Kier molecular flexibility index (Phi) is 4.69. The van der Waals surface area contributed by atoms with Gasteiger partial charge in [0.15, 0.2) is 5.78 Å². The molecule has 4 fully saturated rings. The Morgan fingerprint density at radius 1 is 1.16 bits per heavy atom. The van der Waals surface area contributed by atoms with E-state index in [2.05, 4.69) is 33.0 Å². The van der Waals surface area contributed by atoms with Crippen molar-refractivity contribution in [3.8, 4) is 0 Å². The van der Waals surface area contributed by atoms with E-state index >= 15 is 0 Å². The van der Waals surface area contributed by atoms with E-state index in [1.54, 1.807) is 11.1 Å². The fourth-order valence-corrected chi connectivity index (χ4v) is 9.13. The van der Waals surface area contributed by atoms with Crippen LogP contribution in [0.5, 0.6) is 0 Å². The van der Waals surface area contributed by atoms with Crippen LogP contribution in [-0.4, -0.2) is 30.1 Å². The van der Waals surface area contributed by atoms with Gasteiger partial charge in [0.05, 0.1) is 11.7 Å². The number of ketones is 1. The molecule has 170 valence electrons. The number of piperidine rings is 1. The van der Waals surface area contributed by atoms with Crippen molar-refractivity contribution in [2.45, 2.75) is 103 Å². The zero-order chi connectivity index (χ0) is 21.5. The first-order chi connectivity index (χ1) is 14.8. The highest BCUT2D eigenvalue weighted by Crippen LogP contribution is 2.64. The van der Waals surface area contributed by atoms with E-state index in [0.717, 1.165) is 55.9 Å². The lowest BCUT2D eigenvalue weighted by Gasteiger charge is -2.48. The number of hydrogen-bond acceptors (Lipinski definition) is 3. The Morgan fingerprint density at radius 2 is 2.00 bits per heavy atom. The molecule has 3 heteroatoms. The van der Waals surface area contributed by atoms with Crippen LogP contribution in [0.2, 0.25) is 0 Å². The van der Waals surface area contributed by atoms with Crippen LogP contribution in [0.1, 0.15) is 85.5 Å². The van der Waals surface area contributed by atoms with E-state index in [1.807, 2.05) is 6.08 Å². The monoisotopic (exact) mass is 423 g/mol. The van der Waals surface area contributed by atoms with E-state index in [0.29, 0.717) is 23.8 Å². The summed E-state index contributed by atoms with van der Waals surface area (Å²) in [7, 11) is 0. The van der Waals surface area contributed by atoms with Crippen LogP contribution < -0.4 is 5.32 Å². The number of carbonyl (C=O) groups excluding carboxylic acids is 1. The fourth-order valence-electron chi connectivity index (χ4n) is 9.13. The Hall–Kier alpha value is -0.930. The minimum absolute atomic E-state index is 0.0458. The molecule has 2 aliphatic heterocycles. The molecule has 0 aromatic heterocycles. The van der Waals surface area contributed by atoms with Gasteiger partial charge < -0.3 is 10.1 Å². The predicted octanol–water partition coefficient (Wildman–Crippen LogP) is 5.60. The summed E-state index contributed by atoms with van der Waals surface area (Å²) in [6.45, 7) is 10.9. The number of rotatable bonds is 0. The standard InChI is InChI=1S/C28H41NO2/c1-16-11-25-26(29-15-16)18(3)28(31-25)10-8-21-22-6-5-19-12-20(30)7-9-27(19,4)24(22)13-23(21)17(2)14-28/h12,16,18,21-22,24-26,29H,5-11,13-15H2,1-4H3/t16-,18+,21-,22?,24-,25?,26-,27-,28-/m0/s1. The molecule has 0 amide bonds. The van der Waals surface area contributed by atoms with Gasteiger partial charge in [0, 0.05) is 18.4 Å². The number of fused-ring (bicyclic) bond motifs is 6. The van der Waals surface area contributed by atoms with E-state index < -0.39 is 0 Å². The molecule has 4 aliphatic carbocycles. The van der Waals surface area contributed by atoms with E-state index in [9.17, 15) is 4.79 Å². The first-order valence-electron chi connectivity index (χ1n) is 13.1. The Morgan fingerprint density at radius 3 is 2.84 bits per heavy atom. The molecule has 31 heavy (non-hydrogen) atoms. The topological polar surface area (TPSA) is 38.3 Å². The zero-order valence-electron chi connectivity index (χ0n) is 20.0. The summed E-state index contributed by atoms with van der Waals surface area (Å²) in [4.78, 5) is 12.1. The summed E-state index contributed by atoms with van der Waals surface area (Å²) in [5, 5.41) is 3.85. The third-order valence-corrected chi connectivity index (χ3v) is 10.9. The average Bonchev–Trinajstić information content (AvgIpc) is 3.19. The normalized spacial score (nSPS) is 51.7. The van der Waals surface area contributed by atoms with Gasteiger partial charge in [-0.25, -0.2) is 0 Å². The summed E-state index contributed by atoms with van der Waals surface area (Å²) in [6, 6.07) is 0.542. The molecule has 0 aromatic carbocycles. The summed E-state index contributed by atoms with van der Waals surface area (Å²) < 4.78 is 7.00. The largest absolute Gasteiger partial charge is 0.369 e. The van der Waals surface area contributed by atoms with Gasteiger partial charge in [-0.05, 0) is 100.0 Å². The van der Waals surface area contributed by atoms with Crippen LogP contribution in [0.3, 0.4) is 0 Å². The van der Waals surface area contributed by atoms with E-state index in [1.165, 1.54) is 37.7 Å². The molecular formula is C28H41NO2. The first-order valence-corrected chi connectivity index (χ1v) is 13.1. The van der Waals surface area contributed by atoms with Gasteiger partial charge in [0.2, 0.25) is 0 Å². The molecule has 0 aromatic rings. The molecule has 6 rings (SSSR count). The molecule has 2 saturated carbocycles. The number of hydrogen-bond donors (Lipinski definition) is 1. The molecule has 1 N–H and O–H groups in total. The smallest absolute Gasteiger partial charge is 0.155 e. The molecule has 2 heterocycles. The van der Waals surface area contributed by atoms with Crippen molar-refractivity contribution < 1.29 is 9.53 Å². The summed E-state index contributed by atoms with van der Waals surface area (Å²) in [5.74, 6) is 4.00. The van der Waals surface area contributed by atoms with Crippen LogP contribution in [0, 0.1) is 35.0 Å². The van der Waals surface area contributed by atoms with Crippen molar-refractivity contribution in [3.63, 3.8) is 0 Å². The predicted molar refractivity (Wildman–Crippen MR) is 124 cm³/mol. The van der Waals surface area contributed by atoms with E-state index in [-0.39, 0.29) is 11.0 Å². The van der Waals surface area contributed by atoms with Crippen molar-refractivity contribution >= 4 is 5.78 Å². The molecule has 2 saturated heterocycles. The van der Waals surface area contributed by atoms with Gasteiger partial charge in [-0.2, -0.15) is 0 Å². The molecule has 1 spiro atoms. The van der Waals surface area contributed by atoms with Gasteiger partial charge in [0.1, 0.15) is 0 Å². The highest BCUT2D eigenvalue weighted by atomic mass is 16.5. The van der Waals surface area contributed by atoms with Gasteiger partial charge in [-0.15, -0.1) is 0 Å². The SMILES string of the molecule is CC1=C2C[C@H]3C(CCC4=CC(=O)CC[C@@]43C)[C@@H]2CC[C@@]2(C1)OC1C[C@H](C)CN[C@H]1[C@H]2C. The minimum Gasteiger partial charge on any atom is -0.369 e. The summed E-state index contributed by atoms with van der Waals surface area (Å²) in [5.41, 5.74) is 5.23. The van der Waals surface area contributed by atoms with Crippen LogP contribution in [-0.2, 0) is 9.53 Å². The Balaban J connectivity index is 1.30. The molecule has 6 aliphatic rings. The minimum atomic E-state index is 0.0458. The maximum atomic E-state index is 12.1. The van der Waals surface area contributed by atoms with Crippen LogP contribution >= 0.6 is 0 Å². The van der Waals surface area contributed by atoms with Crippen LogP contribution in [0.15, 0.2) is 22.8 Å². The zero-order valence-corrected chi connectivity index (χ0v) is 20.0. The number of ether oxygens (including phenoxy) is 1. The second-order valence-electron chi connectivity index (χ2n) is 12.5. The highest BCUT2D eigenvalue weighted by molar-refractivity contribution is 5.91.